The zero-order valence-electron chi connectivity index (χ0n) is 17.3. The summed E-state index contributed by atoms with van der Waals surface area (Å²) < 4.78 is 5.40. The Morgan fingerprint density at radius 1 is 1.13 bits per heavy atom. The number of nitrogens with one attached hydrogen (secondary N) is 2. The first-order valence-electron chi connectivity index (χ1n) is 10.5. The van der Waals surface area contributed by atoms with Crippen LogP contribution in [-0.4, -0.2) is 50.3 Å². The van der Waals surface area contributed by atoms with Crippen molar-refractivity contribution in [3.05, 3.63) is 65.7 Å². The molecule has 1 saturated heterocycles. The van der Waals surface area contributed by atoms with Gasteiger partial charge in [0.15, 0.2) is 0 Å². The van der Waals surface area contributed by atoms with Crippen molar-refractivity contribution >= 4 is 28.6 Å². The standard InChI is InChI=1S/C24H27N3O2S/c1-18-7-9-19(10-8-18)30-23-17-21(20-5-2-3-6-22(20)26-23)24(28)25-11-4-12-27-13-15-29-16-14-27/h2-3,5-10,17H,4,11-16H2,1H3,(H,25,28)/p+1. The minimum absolute atomic E-state index is 0.0312. The number of hydrogen-bond donors (Lipinski definition) is 2. The summed E-state index contributed by atoms with van der Waals surface area (Å²) in [5.41, 5.74) is 2.76. The van der Waals surface area contributed by atoms with Gasteiger partial charge in [0.1, 0.15) is 18.1 Å². The Morgan fingerprint density at radius 2 is 1.90 bits per heavy atom. The highest BCUT2D eigenvalue weighted by Gasteiger charge is 2.15. The molecule has 0 saturated carbocycles. The van der Waals surface area contributed by atoms with E-state index in [-0.39, 0.29) is 5.91 Å². The first kappa shape index (κ1) is 20.8. The summed E-state index contributed by atoms with van der Waals surface area (Å²) >= 11 is 1.58. The third-order valence-corrected chi connectivity index (χ3v) is 6.30. The fourth-order valence-electron chi connectivity index (χ4n) is 3.66. The van der Waals surface area contributed by atoms with E-state index in [1.807, 2.05) is 30.3 Å². The van der Waals surface area contributed by atoms with Gasteiger partial charge in [-0.15, -0.1) is 0 Å². The van der Waals surface area contributed by atoms with E-state index < -0.39 is 0 Å². The largest absolute Gasteiger partial charge is 0.370 e. The Hall–Kier alpha value is -2.41. The lowest BCUT2D eigenvalue weighted by atomic mass is 10.1. The minimum Gasteiger partial charge on any atom is -0.370 e. The molecule has 1 fully saturated rings. The van der Waals surface area contributed by atoms with Crippen LogP contribution >= 0.6 is 11.8 Å². The van der Waals surface area contributed by atoms with E-state index in [4.69, 9.17) is 9.72 Å². The van der Waals surface area contributed by atoms with Gasteiger partial charge in [0.2, 0.25) is 0 Å². The molecule has 0 atom stereocenters. The Morgan fingerprint density at radius 3 is 2.70 bits per heavy atom. The lowest BCUT2D eigenvalue weighted by Gasteiger charge is -2.23. The van der Waals surface area contributed by atoms with E-state index >= 15 is 0 Å². The number of carbonyl (C=O) groups is 1. The minimum atomic E-state index is -0.0312. The summed E-state index contributed by atoms with van der Waals surface area (Å²) in [6, 6.07) is 18.1. The van der Waals surface area contributed by atoms with Crippen molar-refractivity contribution in [2.24, 2.45) is 0 Å². The monoisotopic (exact) mass is 422 g/mol. The molecule has 2 aromatic carbocycles. The van der Waals surface area contributed by atoms with Crippen molar-refractivity contribution in [3.63, 3.8) is 0 Å². The SMILES string of the molecule is Cc1ccc(Sc2cc(C(=O)NCCC[NH+]3CCOCC3)c3ccccc3n2)cc1. The number of aromatic nitrogens is 1. The van der Waals surface area contributed by atoms with Crippen LogP contribution in [0, 0.1) is 6.92 Å². The van der Waals surface area contributed by atoms with Gasteiger partial charge in [-0.05, 0) is 31.2 Å². The second-order valence-corrected chi connectivity index (χ2v) is 8.76. The van der Waals surface area contributed by atoms with Gasteiger partial charge in [0, 0.05) is 23.2 Å². The highest BCUT2D eigenvalue weighted by Crippen LogP contribution is 2.30. The van der Waals surface area contributed by atoms with Crippen molar-refractivity contribution in [3.8, 4) is 0 Å². The first-order chi connectivity index (χ1) is 14.7. The van der Waals surface area contributed by atoms with Gasteiger partial charge < -0.3 is 15.0 Å². The van der Waals surface area contributed by atoms with Crippen LogP contribution in [-0.2, 0) is 4.74 Å². The summed E-state index contributed by atoms with van der Waals surface area (Å²) in [5, 5.41) is 4.83. The summed E-state index contributed by atoms with van der Waals surface area (Å²) in [4.78, 5) is 20.4. The van der Waals surface area contributed by atoms with Crippen molar-refractivity contribution in [2.75, 3.05) is 39.4 Å². The molecule has 0 unspecified atom stereocenters. The maximum atomic E-state index is 13.0. The van der Waals surface area contributed by atoms with Crippen LogP contribution in [0.4, 0.5) is 0 Å². The van der Waals surface area contributed by atoms with Crippen molar-refractivity contribution in [1.82, 2.24) is 10.3 Å². The quantitative estimate of drug-likeness (QED) is 0.575. The van der Waals surface area contributed by atoms with Crippen LogP contribution in [0.3, 0.4) is 0 Å². The predicted molar refractivity (Wildman–Crippen MR) is 120 cm³/mol. The third-order valence-electron chi connectivity index (χ3n) is 5.37. The number of amides is 1. The highest BCUT2D eigenvalue weighted by atomic mass is 32.2. The number of morpholine rings is 1. The second-order valence-electron chi connectivity index (χ2n) is 7.66. The zero-order valence-corrected chi connectivity index (χ0v) is 18.1. The first-order valence-corrected chi connectivity index (χ1v) is 11.3. The van der Waals surface area contributed by atoms with E-state index in [1.165, 1.54) is 5.56 Å². The lowest BCUT2D eigenvalue weighted by Crippen LogP contribution is -3.14. The van der Waals surface area contributed by atoms with E-state index in [1.54, 1.807) is 16.7 Å². The average molecular weight is 423 g/mol. The third kappa shape index (κ3) is 5.39. The summed E-state index contributed by atoms with van der Waals surface area (Å²) in [5.74, 6) is -0.0312. The smallest absolute Gasteiger partial charge is 0.252 e. The molecule has 5 nitrogen and oxygen atoms in total. The number of quaternary nitrogens is 1. The van der Waals surface area contributed by atoms with Crippen LogP contribution in [0.25, 0.3) is 10.9 Å². The van der Waals surface area contributed by atoms with E-state index in [2.05, 4.69) is 36.5 Å². The zero-order chi connectivity index (χ0) is 20.8. The molecule has 4 rings (SSSR count). The van der Waals surface area contributed by atoms with Gasteiger partial charge in [0.25, 0.3) is 5.91 Å². The summed E-state index contributed by atoms with van der Waals surface area (Å²) in [6.07, 6.45) is 0.967. The Kier molecular flexibility index (Phi) is 7.00. The number of rotatable bonds is 7. The molecule has 0 bridgehead atoms. The van der Waals surface area contributed by atoms with Crippen molar-refractivity contribution in [2.45, 2.75) is 23.3 Å². The van der Waals surface area contributed by atoms with E-state index in [0.717, 1.165) is 60.1 Å². The normalized spacial score (nSPS) is 14.7. The predicted octanol–water partition coefficient (Wildman–Crippen LogP) is 2.73. The molecule has 156 valence electrons. The molecule has 2 heterocycles. The molecule has 1 aliphatic heterocycles. The molecule has 6 heteroatoms. The fraction of sp³-hybridized carbons (Fsp3) is 0.333. The van der Waals surface area contributed by atoms with Gasteiger partial charge in [-0.25, -0.2) is 4.98 Å². The molecule has 1 amide bonds. The van der Waals surface area contributed by atoms with Gasteiger partial charge >= 0.3 is 0 Å². The Bertz CT molecular complexity index is 1000. The average Bonchev–Trinajstić information content (AvgIpc) is 2.78. The molecular weight excluding hydrogens is 394 g/mol. The number of aryl methyl sites for hydroxylation is 1. The van der Waals surface area contributed by atoms with Crippen LogP contribution in [0.1, 0.15) is 22.3 Å². The van der Waals surface area contributed by atoms with Crippen LogP contribution in [0.15, 0.2) is 64.5 Å². The molecular formula is C24H28N3O2S+. The van der Waals surface area contributed by atoms with E-state index in [9.17, 15) is 4.79 Å². The maximum absolute atomic E-state index is 13.0. The number of ether oxygens (including phenoxy) is 1. The number of hydrogen-bond acceptors (Lipinski definition) is 4. The number of para-hydroxylation sites is 1. The van der Waals surface area contributed by atoms with Gasteiger partial charge in [-0.2, -0.15) is 0 Å². The molecule has 1 aliphatic rings. The maximum Gasteiger partial charge on any atom is 0.252 e. The molecule has 0 spiro atoms. The molecule has 1 aromatic heterocycles. The molecule has 3 aromatic rings. The number of fused-ring (bicyclic) bond motifs is 1. The number of benzene rings is 2. The number of nitrogens with zero attached hydrogens (tertiary/aromatic N) is 1. The van der Waals surface area contributed by atoms with E-state index in [0.29, 0.717) is 12.1 Å². The van der Waals surface area contributed by atoms with Crippen molar-refractivity contribution in [1.29, 1.82) is 0 Å². The Labute approximate surface area is 181 Å². The van der Waals surface area contributed by atoms with Crippen LogP contribution < -0.4 is 10.2 Å². The molecule has 2 N–H and O–H groups in total. The highest BCUT2D eigenvalue weighted by molar-refractivity contribution is 7.99. The number of carbonyl (C=O) groups excluding carboxylic acids is 1. The number of pyridine rings is 1. The molecule has 30 heavy (non-hydrogen) atoms. The van der Waals surface area contributed by atoms with Crippen LogP contribution in [0.5, 0.6) is 0 Å². The summed E-state index contributed by atoms with van der Waals surface area (Å²) in [6.45, 7) is 7.62. The fourth-order valence-corrected chi connectivity index (χ4v) is 4.50. The molecule has 0 aliphatic carbocycles. The van der Waals surface area contributed by atoms with Crippen LogP contribution in [0.2, 0.25) is 0 Å². The van der Waals surface area contributed by atoms with Crippen molar-refractivity contribution < 1.29 is 14.4 Å². The topological polar surface area (TPSA) is 55.7 Å². The Balaban J connectivity index is 1.45. The van der Waals surface area contributed by atoms with Gasteiger partial charge in [-0.3, -0.25) is 4.79 Å². The summed E-state index contributed by atoms with van der Waals surface area (Å²) in [7, 11) is 0. The van der Waals surface area contributed by atoms with Gasteiger partial charge in [0.05, 0.1) is 30.8 Å². The lowest BCUT2D eigenvalue weighted by molar-refractivity contribution is -0.908. The van der Waals surface area contributed by atoms with Gasteiger partial charge in [-0.1, -0.05) is 47.7 Å². The second kappa shape index (κ2) is 10.1. The molecule has 0 radical (unpaired) electrons.